The summed E-state index contributed by atoms with van der Waals surface area (Å²) < 4.78 is 5.75. The molecule has 1 unspecified atom stereocenters. The number of ether oxygens (including phenoxy) is 1. The Morgan fingerprint density at radius 2 is 2.15 bits per heavy atom. The normalized spacial score (nSPS) is 20.2. The molecule has 0 aromatic carbocycles. The Balaban J connectivity index is 2.21. The number of hydrogen-bond acceptors (Lipinski definition) is 5. The molecule has 1 aliphatic rings. The summed E-state index contributed by atoms with van der Waals surface area (Å²) in [6, 6.07) is 1.86. The summed E-state index contributed by atoms with van der Waals surface area (Å²) in [5.41, 5.74) is 5.85. The number of rotatable bonds is 3. The predicted molar refractivity (Wildman–Crippen MR) is 82.0 cm³/mol. The van der Waals surface area contributed by atoms with E-state index in [1.54, 1.807) is 0 Å². The van der Waals surface area contributed by atoms with Crippen LogP contribution in [-0.4, -0.2) is 35.8 Å². The highest BCUT2D eigenvalue weighted by Crippen LogP contribution is 2.25. The van der Waals surface area contributed by atoms with Gasteiger partial charge in [0, 0.05) is 31.2 Å². The Hall–Kier alpha value is -1.36. The molecule has 1 atom stereocenters. The second-order valence-electron chi connectivity index (χ2n) is 6.39. The molecule has 1 aromatic heterocycles. The summed E-state index contributed by atoms with van der Waals surface area (Å²) in [5, 5.41) is 0. The minimum atomic E-state index is -0.0980. The van der Waals surface area contributed by atoms with E-state index < -0.39 is 0 Å². The molecular weight excluding hydrogens is 252 g/mol. The van der Waals surface area contributed by atoms with Crippen molar-refractivity contribution in [2.45, 2.75) is 52.1 Å². The van der Waals surface area contributed by atoms with E-state index in [0.717, 1.165) is 44.2 Å². The molecule has 0 saturated carbocycles. The maximum Gasteiger partial charge on any atom is 0.138 e. The molecule has 1 aromatic rings. The van der Waals surface area contributed by atoms with Crippen molar-refractivity contribution in [2.75, 3.05) is 30.3 Å². The largest absolute Gasteiger partial charge is 0.384 e. The van der Waals surface area contributed by atoms with Gasteiger partial charge in [-0.05, 0) is 19.8 Å². The summed E-state index contributed by atoms with van der Waals surface area (Å²) >= 11 is 0. The third kappa shape index (κ3) is 3.60. The molecule has 1 fully saturated rings. The summed E-state index contributed by atoms with van der Waals surface area (Å²) in [6.45, 7) is 11.0. The van der Waals surface area contributed by atoms with Crippen molar-refractivity contribution in [1.29, 1.82) is 0 Å². The van der Waals surface area contributed by atoms with Crippen molar-refractivity contribution in [3.63, 3.8) is 0 Å². The Morgan fingerprint density at radius 3 is 2.80 bits per heavy atom. The number of piperidine rings is 1. The number of aromatic nitrogens is 2. The summed E-state index contributed by atoms with van der Waals surface area (Å²) in [6.07, 6.45) is 2.54. The first-order chi connectivity index (χ1) is 9.40. The maximum absolute atomic E-state index is 5.95. The first-order valence-electron chi connectivity index (χ1n) is 7.41. The van der Waals surface area contributed by atoms with E-state index in [4.69, 9.17) is 15.5 Å². The number of nitrogens with zero attached hydrogens (tertiary/aromatic N) is 3. The Labute approximate surface area is 121 Å². The maximum atomic E-state index is 5.95. The lowest BCUT2D eigenvalue weighted by Gasteiger charge is -2.34. The number of anilines is 2. The average Bonchev–Trinajstić information content (AvgIpc) is 2.38. The SMILES string of the molecule is CCOC1CCCN(c2cc(N)nc(C(C)(C)C)n2)C1. The van der Waals surface area contributed by atoms with Gasteiger partial charge in [-0.1, -0.05) is 20.8 Å². The van der Waals surface area contributed by atoms with Crippen LogP contribution in [-0.2, 0) is 10.2 Å². The highest BCUT2D eigenvalue weighted by atomic mass is 16.5. The van der Waals surface area contributed by atoms with E-state index in [-0.39, 0.29) is 5.41 Å². The second kappa shape index (κ2) is 5.95. The van der Waals surface area contributed by atoms with Gasteiger partial charge in [0.2, 0.25) is 0 Å². The van der Waals surface area contributed by atoms with Gasteiger partial charge in [0.05, 0.1) is 6.10 Å². The van der Waals surface area contributed by atoms with Crippen LogP contribution >= 0.6 is 0 Å². The molecule has 0 radical (unpaired) electrons. The van der Waals surface area contributed by atoms with Gasteiger partial charge < -0.3 is 15.4 Å². The zero-order chi connectivity index (χ0) is 14.8. The van der Waals surface area contributed by atoms with Gasteiger partial charge in [0.25, 0.3) is 0 Å². The number of hydrogen-bond donors (Lipinski definition) is 1. The van der Waals surface area contributed by atoms with Gasteiger partial charge in [-0.25, -0.2) is 9.97 Å². The van der Waals surface area contributed by atoms with Crippen molar-refractivity contribution in [1.82, 2.24) is 9.97 Å². The van der Waals surface area contributed by atoms with E-state index in [1.165, 1.54) is 0 Å². The van der Waals surface area contributed by atoms with Crippen molar-refractivity contribution >= 4 is 11.6 Å². The van der Waals surface area contributed by atoms with Crippen LogP contribution in [0.1, 0.15) is 46.4 Å². The fourth-order valence-electron chi connectivity index (χ4n) is 2.47. The molecule has 1 saturated heterocycles. The Morgan fingerprint density at radius 1 is 1.40 bits per heavy atom. The van der Waals surface area contributed by atoms with E-state index >= 15 is 0 Å². The van der Waals surface area contributed by atoms with Crippen LogP contribution in [0.3, 0.4) is 0 Å². The summed E-state index contributed by atoms with van der Waals surface area (Å²) in [7, 11) is 0. The third-order valence-electron chi connectivity index (χ3n) is 3.51. The predicted octanol–water partition coefficient (Wildman–Crippen LogP) is 2.36. The molecule has 0 bridgehead atoms. The Bertz CT molecular complexity index is 454. The number of nitrogen functional groups attached to an aromatic ring is 1. The van der Waals surface area contributed by atoms with Crippen molar-refractivity contribution < 1.29 is 4.74 Å². The van der Waals surface area contributed by atoms with E-state index in [0.29, 0.717) is 11.9 Å². The van der Waals surface area contributed by atoms with Crippen LogP contribution in [0, 0.1) is 0 Å². The quantitative estimate of drug-likeness (QED) is 0.919. The molecule has 2 rings (SSSR count). The van der Waals surface area contributed by atoms with Crippen molar-refractivity contribution in [3.05, 3.63) is 11.9 Å². The van der Waals surface area contributed by atoms with Crippen LogP contribution in [0.15, 0.2) is 6.07 Å². The molecule has 0 aliphatic carbocycles. The third-order valence-corrected chi connectivity index (χ3v) is 3.51. The van der Waals surface area contributed by atoms with E-state index in [2.05, 4.69) is 30.7 Å². The van der Waals surface area contributed by atoms with Gasteiger partial charge in [-0.2, -0.15) is 0 Å². The van der Waals surface area contributed by atoms with Gasteiger partial charge >= 0.3 is 0 Å². The lowest BCUT2D eigenvalue weighted by Crippen LogP contribution is -2.40. The molecule has 0 amide bonds. The smallest absolute Gasteiger partial charge is 0.138 e. The van der Waals surface area contributed by atoms with Crippen LogP contribution in [0.25, 0.3) is 0 Å². The lowest BCUT2D eigenvalue weighted by molar-refractivity contribution is 0.0525. The first-order valence-corrected chi connectivity index (χ1v) is 7.41. The van der Waals surface area contributed by atoms with Gasteiger partial charge in [0.15, 0.2) is 0 Å². The zero-order valence-corrected chi connectivity index (χ0v) is 13.0. The van der Waals surface area contributed by atoms with Crippen molar-refractivity contribution in [3.8, 4) is 0 Å². The first kappa shape index (κ1) is 15.0. The van der Waals surface area contributed by atoms with E-state index in [9.17, 15) is 0 Å². The zero-order valence-electron chi connectivity index (χ0n) is 13.0. The minimum absolute atomic E-state index is 0.0980. The fraction of sp³-hybridized carbons (Fsp3) is 0.733. The molecule has 5 nitrogen and oxygen atoms in total. The van der Waals surface area contributed by atoms with E-state index in [1.807, 2.05) is 13.0 Å². The van der Waals surface area contributed by atoms with Crippen LogP contribution in [0.5, 0.6) is 0 Å². The molecule has 2 heterocycles. The summed E-state index contributed by atoms with van der Waals surface area (Å²) in [4.78, 5) is 11.3. The molecule has 2 N–H and O–H groups in total. The molecule has 20 heavy (non-hydrogen) atoms. The Kier molecular flexibility index (Phi) is 4.48. The van der Waals surface area contributed by atoms with Gasteiger partial charge in [-0.15, -0.1) is 0 Å². The highest BCUT2D eigenvalue weighted by Gasteiger charge is 2.24. The standard InChI is InChI=1S/C15H26N4O/c1-5-20-11-7-6-8-19(10-11)13-9-12(16)17-14(18-13)15(2,3)4/h9,11H,5-8,10H2,1-4H3,(H2,16,17,18). The molecule has 112 valence electrons. The topological polar surface area (TPSA) is 64.3 Å². The second-order valence-corrected chi connectivity index (χ2v) is 6.39. The molecule has 5 heteroatoms. The monoisotopic (exact) mass is 278 g/mol. The van der Waals surface area contributed by atoms with Gasteiger partial charge in [-0.3, -0.25) is 0 Å². The van der Waals surface area contributed by atoms with Gasteiger partial charge in [0.1, 0.15) is 17.5 Å². The lowest BCUT2D eigenvalue weighted by atomic mass is 9.95. The minimum Gasteiger partial charge on any atom is -0.384 e. The molecule has 1 aliphatic heterocycles. The molecule has 0 spiro atoms. The highest BCUT2D eigenvalue weighted by molar-refractivity contribution is 5.48. The summed E-state index contributed by atoms with van der Waals surface area (Å²) in [5.74, 6) is 2.26. The fourth-order valence-corrected chi connectivity index (χ4v) is 2.47. The van der Waals surface area contributed by atoms with Crippen molar-refractivity contribution in [2.24, 2.45) is 0 Å². The van der Waals surface area contributed by atoms with Crippen LogP contribution < -0.4 is 10.6 Å². The number of nitrogens with two attached hydrogens (primary N) is 1. The van der Waals surface area contributed by atoms with Crippen LogP contribution in [0.4, 0.5) is 11.6 Å². The molecular formula is C15H26N4O. The average molecular weight is 278 g/mol. The van der Waals surface area contributed by atoms with Crippen LogP contribution in [0.2, 0.25) is 0 Å².